The molecule has 1 N–H and O–H groups in total. The van der Waals surface area contributed by atoms with Crippen molar-refractivity contribution in [3.05, 3.63) is 68.7 Å². The lowest BCUT2D eigenvalue weighted by Crippen LogP contribution is -2.35. The molecule has 0 saturated heterocycles. The first-order valence-corrected chi connectivity index (χ1v) is 9.48. The van der Waals surface area contributed by atoms with Crippen LogP contribution in [0.3, 0.4) is 0 Å². The van der Waals surface area contributed by atoms with E-state index in [-0.39, 0.29) is 5.56 Å². The van der Waals surface area contributed by atoms with Gasteiger partial charge in [-0.15, -0.1) is 11.3 Å². The first-order chi connectivity index (χ1) is 12.6. The predicted molar refractivity (Wildman–Crippen MR) is 104 cm³/mol. The summed E-state index contributed by atoms with van der Waals surface area (Å²) in [6.07, 6.45) is 0.830. The van der Waals surface area contributed by atoms with Gasteiger partial charge >= 0.3 is 0 Å². The zero-order chi connectivity index (χ0) is 18.1. The smallest absolute Gasteiger partial charge is 0.255 e. The number of nitrogens with zero attached hydrogens (tertiary/aromatic N) is 2. The van der Waals surface area contributed by atoms with Crippen LogP contribution in [0.2, 0.25) is 0 Å². The quantitative estimate of drug-likeness (QED) is 0.768. The summed E-state index contributed by atoms with van der Waals surface area (Å²) >= 11 is 1.80. The highest BCUT2D eigenvalue weighted by atomic mass is 32.1. The molecule has 0 spiro atoms. The monoisotopic (exact) mass is 367 g/mol. The molecule has 0 saturated carbocycles. The second-order valence-electron chi connectivity index (χ2n) is 6.53. The molecule has 0 radical (unpaired) electrons. The van der Waals surface area contributed by atoms with Crippen LogP contribution in [0.15, 0.2) is 41.2 Å². The Balaban J connectivity index is 1.48. The van der Waals surface area contributed by atoms with Gasteiger partial charge in [-0.3, -0.25) is 9.69 Å². The number of aromatic nitrogens is 2. The molecule has 0 bridgehead atoms. The topological polar surface area (TPSA) is 58.2 Å². The number of nitrogens with one attached hydrogen (secondary N) is 1. The molecule has 1 aliphatic rings. The van der Waals surface area contributed by atoms with Gasteiger partial charge in [-0.05, 0) is 48.9 Å². The molecule has 0 amide bonds. The number of fused-ring (bicyclic) bond motifs is 1. The first-order valence-electron chi connectivity index (χ1n) is 8.66. The van der Waals surface area contributed by atoms with Crippen molar-refractivity contribution in [2.45, 2.75) is 26.4 Å². The molecule has 0 unspecified atom stereocenters. The van der Waals surface area contributed by atoms with Crippen LogP contribution in [-0.4, -0.2) is 28.5 Å². The van der Waals surface area contributed by atoms with E-state index in [1.54, 1.807) is 18.4 Å². The van der Waals surface area contributed by atoms with Crippen LogP contribution in [0.4, 0.5) is 0 Å². The van der Waals surface area contributed by atoms with Gasteiger partial charge in [0.05, 0.1) is 18.4 Å². The molecule has 4 rings (SSSR count). The van der Waals surface area contributed by atoms with Crippen molar-refractivity contribution in [3.63, 3.8) is 0 Å². The third-order valence-electron chi connectivity index (χ3n) is 4.68. The summed E-state index contributed by atoms with van der Waals surface area (Å²) in [4.78, 5) is 24.4. The minimum atomic E-state index is 0.00213. The third kappa shape index (κ3) is 3.43. The average Bonchev–Trinajstić information content (AvgIpc) is 3.11. The molecule has 6 heteroatoms. The maximum Gasteiger partial charge on any atom is 0.255 e. The van der Waals surface area contributed by atoms with Crippen molar-refractivity contribution in [1.29, 1.82) is 0 Å². The standard InChI is InChI=1S/C20H21N3O2S/c1-13-21-18-9-10-23(12-17(18)20(24)22-13)11-16-7-8-19(26-16)14-3-5-15(25-2)6-4-14/h3-8H,9-12H2,1-2H3,(H,21,22,24). The van der Waals surface area contributed by atoms with Crippen molar-refractivity contribution in [1.82, 2.24) is 14.9 Å². The van der Waals surface area contributed by atoms with Gasteiger partial charge in [0.15, 0.2) is 0 Å². The minimum Gasteiger partial charge on any atom is -0.497 e. The summed E-state index contributed by atoms with van der Waals surface area (Å²) in [5.74, 6) is 1.57. The molecule has 5 nitrogen and oxygen atoms in total. The molecule has 3 aromatic rings. The highest BCUT2D eigenvalue weighted by Crippen LogP contribution is 2.30. The average molecular weight is 367 g/mol. The number of aromatic amines is 1. The van der Waals surface area contributed by atoms with E-state index >= 15 is 0 Å². The number of hydrogen-bond donors (Lipinski definition) is 1. The van der Waals surface area contributed by atoms with Gasteiger partial charge in [-0.1, -0.05) is 0 Å². The summed E-state index contributed by atoms with van der Waals surface area (Å²) in [6, 6.07) is 12.5. The number of ether oxygens (including phenoxy) is 1. The van der Waals surface area contributed by atoms with E-state index in [0.717, 1.165) is 36.5 Å². The predicted octanol–water partition coefficient (Wildman–Crippen LogP) is 3.37. The number of hydrogen-bond acceptors (Lipinski definition) is 5. The molecular formula is C20H21N3O2S. The summed E-state index contributed by atoms with van der Waals surface area (Å²) in [6.45, 7) is 4.28. The molecule has 0 atom stereocenters. The lowest BCUT2D eigenvalue weighted by molar-refractivity contribution is 0.243. The Bertz CT molecular complexity index is 975. The second-order valence-corrected chi connectivity index (χ2v) is 7.70. The molecule has 2 aromatic heterocycles. The van der Waals surface area contributed by atoms with Crippen molar-refractivity contribution >= 4 is 11.3 Å². The Kier molecular flexibility index (Phi) is 4.61. The maximum absolute atomic E-state index is 12.2. The van der Waals surface area contributed by atoms with E-state index in [2.05, 4.69) is 39.1 Å². The van der Waals surface area contributed by atoms with Gasteiger partial charge in [0, 0.05) is 35.8 Å². The van der Waals surface area contributed by atoms with Gasteiger partial charge in [0.25, 0.3) is 5.56 Å². The highest BCUT2D eigenvalue weighted by Gasteiger charge is 2.21. The molecule has 134 valence electrons. The minimum absolute atomic E-state index is 0.00213. The summed E-state index contributed by atoms with van der Waals surface area (Å²) in [5.41, 5.74) is 2.96. The molecule has 26 heavy (non-hydrogen) atoms. The molecule has 0 fully saturated rings. The van der Waals surface area contributed by atoms with Crippen LogP contribution >= 0.6 is 11.3 Å². The van der Waals surface area contributed by atoms with Crippen LogP contribution in [0, 0.1) is 6.92 Å². The van der Waals surface area contributed by atoms with Crippen LogP contribution < -0.4 is 10.3 Å². The fraction of sp³-hybridized carbons (Fsp3) is 0.300. The van der Waals surface area contributed by atoms with Crippen molar-refractivity contribution in [2.75, 3.05) is 13.7 Å². The highest BCUT2D eigenvalue weighted by molar-refractivity contribution is 7.15. The Morgan fingerprint density at radius 1 is 1.23 bits per heavy atom. The first kappa shape index (κ1) is 17.0. The fourth-order valence-corrected chi connectivity index (χ4v) is 4.39. The van der Waals surface area contributed by atoms with Gasteiger partial charge in [-0.2, -0.15) is 0 Å². The van der Waals surface area contributed by atoms with E-state index < -0.39 is 0 Å². The molecule has 0 aliphatic carbocycles. The van der Waals surface area contributed by atoms with Crippen LogP contribution in [0.5, 0.6) is 5.75 Å². The van der Waals surface area contributed by atoms with Crippen LogP contribution in [0.1, 0.15) is 22.0 Å². The normalized spacial score (nSPS) is 14.2. The number of aryl methyl sites for hydroxylation is 1. The number of thiophene rings is 1. The Labute approximate surface area is 156 Å². The van der Waals surface area contributed by atoms with E-state index in [0.29, 0.717) is 12.4 Å². The lowest BCUT2D eigenvalue weighted by atomic mass is 10.1. The van der Waals surface area contributed by atoms with Crippen molar-refractivity contribution < 1.29 is 4.74 Å². The van der Waals surface area contributed by atoms with Crippen molar-refractivity contribution in [3.8, 4) is 16.2 Å². The van der Waals surface area contributed by atoms with Gasteiger partial charge in [-0.25, -0.2) is 4.98 Å². The number of rotatable bonds is 4. The zero-order valence-corrected chi connectivity index (χ0v) is 15.7. The fourth-order valence-electron chi connectivity index (χ4n) is 3.33. The zero-order valence-electron chi connectivity index (χ0n) is 14.9. The second kappa shape index (κ2) is 7.05. The Morgan fingerprint density at radius 2 is 2.04 bits per heavy atom. The summed E-state index contributed by atoms with van der Waals surface area (Å²) < 4.78 is 5.22. The van der Waals surface area contributed by atoms with Crippen LogP contribution in [0.25, 0.3) is 10.4 Å². The van der Waals surface area contributed by atoms with E-state index in [9.17, 15) is 4.79 Å². The molecular weight excluding hydrogens is 346 g/mol. The summed E-state index contributed by atoms with van der Waals surface area (Å²) in [7, 11) is 1.68. The van der Waals surface area contributed by atoms with E-state index in [4.69, 9.17) is 4.74 Å². The molecule has 3 heterocycles. The van der Waals surface area contributed by atoms with Gasteiger partial charge in [0.2, 0.25) is 0 Å². The molecule has 1 aromatic carbocycles. The third-order valence-corrected chi connectivity index (χ3v) is 5.80. The lowest BCUT2D eigenvalue weighted by Gasteiger charge is -2.27. The Morgan fingerprint density at radius 3 is 2.81 bits per heavy atom. The SMILES string of the molecule is COc1ccc(-c2ccc(CN3CCc4nc(C)[nH]c(=O)c4C3)s2)cc1. The van der Waals surface area contributed by atoms with E-state index in [1.165, 1.54) is 15.3 Å². The number of methoxy groups -OCH3 is 1. The summed E-state index contributed by atoms with van der Waals surface area (Å²) in [5, 5.41) is 0. The maximum atomic E-state index is 12.2. The van der Waals surface area contributed by atoms with Crippen molar-refractivity contribution in [2.24, 2.45) is 0 Å². The number of H-pyrrole nitrogens is 1. The largest absolute Gasteiger partial charge is 0.497 e. The Hall–Kier alpha value is -2.44. The van der Waals surface area contributed by atoms with Gasteiger partial charge in [0.1, 0.15) is 11.6 Å². The van der Waals surface area contributed by atoms with Crippen LogP contribution in [-0.2, 0) is 19.5 Å². The molecule has 1 aliphatic heterocycles. The number of benzene rings is 1. The van der Waals surface area contributed by atoms with Gasteiger partial charge < -0.3 is 9.72 Å². The van der Waals surface area contributed by atoms with E-state index in [1.807, 2.05) is 19.1 Å².